The van der Waals surface area contributed by atoms with Gasteiger partial charge >= 0.3 is 0 Å². The average Bonchev–Trinajstić information content (AvgIpc) is 3.14. The molecular weight excluding hydrogens is 346 g/mol. The second kappa shape index (κ2) is 7.26. The molecule has 0 atom stereocenters. The lowest BCUT2D eigenvalue weighted by Gasteiger charge is -2.47. The van der Waals surface area contributed by atoms with E-state index in [1.807, 2.05) is 19.9 Å². The van der Waals surface area contributed by atoms with Gasteiger partial charge in [0.1, 0.15) is 5.82 Å². The molecule has 1 amide bonds. The maximum Gasteiger partial charge on any atom is 0.253 e. The summed E-state index contributed by atoms with van der Waals surface area (Å²) < 4.78 is 10.9. The minimum atomic E-state index is -0.203. The number of piperidine rings is 1. The zero-order valence-electron chi connectivity index (χ0n) is 15.8. The van der Waals surface area contributed by atoms with Gasteiger partial charge in [0.05, 0.1) is 24.3 Å². The molecule has 2 saturated heterocycles. The Hall–Kier alpha value is -2.48. The molecule has 2 aromatic rings. The van der Waals surface area contributed by atoms with E-state index in [0.29, 0.717) is 17.3 Å². The van der Waals surface area contributed by atoms with Crippen LogP contribution in [-0.2, 0) is 11.3 Å². The normalized spacial score (nSPS) is 18.6. The Labute approximate surface area is 158 Å². The lowest BCUT2D eigenvalue weighted by Crippen LogP contribution is -2.52. The maximum absolute atomic E-state index is 12.3. The van der Waals surface area contributed by atoms with Crippen molar-refractivity contribution in [3.8, 4) is 0 Å². The number of hydrogen-bond donors (Lipinski definition) is 1. The highest BCUT2D eigenvalue weighted by molar-refractivity contribution is 5.93. The number of aromatic nitrogens is 3. The summed E-state index contributed by atoms with van der Waals surface area (Å²) in [4.78, 5) is 23.3. The van der Waals surface area contributed by atoms with Crippen molar-refractivity contribution in [3.63, 3.8) is 0 Å². The van der Waals surface area contributed by atoms with E-state index in [4.69, 9.17) is 9.26 Å². The number of amides is 1. The zero-order valence-corrected chi connectivity index (χ0v) is 15.8. The zero-order chi connectivity index (χ0) is 18.9. The van der Waals surface area contributed by atoms with Gasteiger partial charge in [-0.3, -0.25) is 4.79 Å². The maximum atomic E-state index is 12.3. The molecule has 2 aromatic heterocycles. The van der Waals surface area contributed by atoms with Gasteiger partial charge in [-0.15, -0.1) is 0 Å². The monoisotopic (exact) mass is 371 g/mol. The number of carbonyl (C=O) groups excluding carboxylic acids is 1. The van der Waals surface area contributed by atoms with Crippen molar-refractivity contribution in [3.05, 3.63) is 35.6 Å². The molecule has 0 aliphatic carbocycles. The first kappa shape index (κ1) is 17.9. The molecule has 144 valence electrons. The fourth-order valence-electron chi connectivity index (χ4n) is 3.47. The van der Waals surface area contributed by atoms with Crippen LogP contribution in [0.4, 0.5) is 5.82 Å². The van der Waals surface area contributed by atoms with Crippen LogP contribution in [-0.4, -0.2) is 46.3 Å². The van der Waals surface area contributed by atoms with Crippen LogP contribution in [0.5, 0.6) is 0 Å². The topological polar surface area (TPSA) is 93.4 Å². The molecule has 8 heteroatoms. The summed E-state index contributed by atoms with van der Waals surface area (Å²) >= 11 is 0. The van der Waals surface area contributed by atoms with Crippen LogP contribution in [0.3, 0.4) is 0 Å². The highest BCUT2D eigenvalue weighted by atomic mass is 16.5. The summed E-state index contributed by atoms with van der Waals surface area (Å²) in [6.07, 6.45) is 4.87. The number of carbonyl (C=O) groups is 1. The molecule has 0 unspecified atom stereocenters. The summed E-state index contributed by atoms with van der Waals surface area (Å²) in [5.74, 6) is 1.91. The lowest BCUT2D eigenvalue weighted by atomic mass is 9.84. The van der Waals surface area contributed by atoms with Gasteiger partial charge in [0.2, 0.25) is 5.89 Å². The van der Waals surface area contributed by atoms with E-state index in [9.17, 15) is 4.79 Å². The third-order valence-corrected chi connectivity index (χ3v) is 5.36. The summed E-state index contributed by atoms with van der Waals surface area (Å²) in [5, 5.41) is 6.67. The standard InChI is InChI=1S/C19H25N5O3/c1-13(2)18-22-15(23-27-18)12-21-17(25)14-3-4-16(20-11-14)24-8-5-19(6-9-24)7-10-26-19/h3-4,11,13H,5-10,12H2,1-2H3,(H,21,25). The number of pyridine rings is 1. The summed E-state index contributed by atoms with van der Waals surface area (Å²) in [6, 6.07) is 3.71. The first-order chi connectivity index (χ1) is 13.0. The van der Waals surface area contributed by atoms with Crippen molar-refractivity contribution < 1.29 is 14.1 Å². The minimum absolute atomic E-state index is 0.126. The van der Waals surface area contributed by atoms with Crippen molar-refractivity contribution in [1.82, 2.24) is 20.4 Å². The Morgan fingerprint density at radius 2 is 2.07 bits per heavy atom. The van der Waals surface area contributed by atoms with E-state index >= 15 is 0 Å². The fourth-order valence-corrected chi connectivity index (χ4v) is 3.47. The highest BCUT2D eigenvalue weighted by Crippen LogP contribution is 2.37. The quantitative estimate of drug-likeness (QED) is 0.862. The van der Waals surface area contributed by atoms with Crippen molar-refractivity contribution in [2.24, 2.45) is 0 Å². The summed E-state index contributed by atoms with van der Waals surface area (Å²) in [7, 11) is 0. The summed E-state index contributed by atoms with van der Waals surface area (Å²) in [5.41, 5.74) is 0.642. The van der Waals surface area contributed by atoms with Crippen LogP contribution in [0.15, 0.2) is 22.9 Å². The molecular formula is C19H25N5O3. The van der Waals surface area contributed by atoms with Crippen LogP contribution in [0, 0.1) is 0 Å². The number of rotatable bonds is 5. The number of nitrogens with one attached hydrogen (secondary N) is 1. The van der Waals surface area contributed by atoms with E-state index in [1.165, 1.54) is 6.42 Å². The van der Waals surface area contributed by atoms with Gasteiger partial charge in [-0.05, 0) is 31.4 Å². The fraction of sp³-hybridized carbons (Fsp3) is 0.579. The van der Waals surface area contributed by atoms with Crippen LogP contribution in [0.1, 0.15) is 61.1 Å². The largest absolute Gasteiger partial charge is 0.375 e. The molecule has 0 aromatic carbocycles. The van der Waals surface area contributed by atoms with E-state index < -0.39 is 0 Å². The van der Waals surface area contributed by atoms with E-state index in [1.54, 1.807) is 12.3 Å². The number of hydrogen-bond acceptors (Lipinski definition) is 7. The van der Waals surface area contributed by atoms with Gasteiger partial charge in [-0.1, -0.05) is 19.0 Å². The van der Waals surface area contributed by atoms with Gasteiger partial charge in [0.25, 0.3) is 5.91 Å². The molecule has 0 bridgehead atoms. The number of anilines is 1. The van der Waals surface area contributed by atoms with Gasteiger partial charge in [0.15, 0.2) is 5.82 Å². The smallest absolute Gasteiger partial charge is 0.253 e. The predicted molar refractivity (Wildman–Crippen MR) is 98.5 cm³/mol. The van der Waals surface area contributed by atoms with E-state index in [0.717, 1.165) is 38.4 Å². The first-order valence-electron chi connectivity index (χ1n) is 9.50. The Bertz CT molecular complexity index is 788. The van der Waals surface area contributed by atoms with Crippen molar-refractivity contribution in [2.75, 3.05) is 24.6 Å². The Balaban J connectivity index is 1.30. The van der Waals surface area contributed by atoms with Gasteiger partial charge < -0.3 is 19.5 Å². The van der Waals surface area contributed by atoms with Crippen LogP contribution >= 0.6 is 0 Å². The number of nitrogens with zero attached hydrogens (tertiary/aromatic N) is 4. The molecule has 1 N–H and O–H groups in total. The Morgan fingerprint density at radius 3 is 2.63 bits per heavy atom. The van der Waals surface area contributed by atoms with Crippen LogP contribution < -0.4 is 10.2 Å². The van der Waals surface area contributed by atoms with Gasteiger partial charge in [-0.2, -0.15) is 4.98 Å². The molecule has 1 spiro atoms. The molecule has 8 nitrogen and oxygen atoms in total. The third-order valence-electron chi connectivity index (χ3n) is 5.36. The first-order valence-corrected chi connectivity index (χ1v) is 9.50. The molecule has 2 aliphatic rings. The van der Waals surface area contributed by atoms with E-state index in [-0.39, 0.29) is 24.0 Å². The Kier molecular flexibility index (Phi) is 4.82. The Morgan fingerprint density at radius 1 is 1.30 bits per heavy atom. The molecule has 2 aliphatic heterocycles. The molecule has 0 saturated carbocycles. The second-order valence-electron chi connectivity index (χ2n) is 7.56. The van der Waals surface area contributed by atoms with Crippen LogP contribution in [0.25, 0.3) is 0 Å². The molecule has 4 rings (SSSR count). The number of ether oxygens (including phenoxy) is 1. The lowest BCUT2D eigenvalue weighted by molar-refractivity contribution is -0.158. The SMILES string of the molecule is CC(C)c1nc(CNC(=O)c2ccc(N3CCC4(CCO4)CC3)nc2)no1. The van der Waals surface area contributed by atoms with Crippen molar-refractivity contribution in [2.45, 2.75) is 51.2 Å². The predicted octanol–water partition coefficient (Wildman–Crippen LogP) is 2.28. The third kappa shape index (κ3) is 3.80. The second-order valence-corrected chi connectivity index (χ2v) is 7.56. The van der Waals surface area contributed by atoms with Gasteiger partial charge in [-0.25, -0.2) is 4.98 Å². The summed E-state index contributed by atoms with van der Waals surface area (Å²) in [6.45, 7) is 6.95. The van der Waals surface area contributed by atoms with Crippen molar-refractivity contribution in [1.29, 1.82) is 0 Å². The van der Waals surface area contributed by atoms with Crippen LogP contribution in [0.2, 0.25) is 0 Å². The molecule has 4 heterocycles. The molecule has 27 heavy (non-hydrogen) atoms. The highest BCUT2D eigenvalue weighted by Gasteiger charge is 2.41. The minimum Gasteiger partial charge on any atom is -0.375 e. The molecule has 0 radical (unpaired) electrons. The molecule has 2 fully saturated rings. The van der Waals surface area contributed by atoms with Gasteiger partial charge in [0, 0.05) is 25.2 Å². The van der Waals surface area contributed by atoms with E-state index in [2.05, 4.69) is 25.3 Å². The van der Waals surface area contributed by atoms with Crippen molar-refractivity contribution >= 4 is 11.7 Å². The average molecular weight is 371 g/mol.